The number of amidine groups is 1. The molecule has 0 amide bonds. The quantitative estimate of drug-likeness (QED) is 0.523. The van der Waals surface area contributed by atoms with Crippen LogP contribution in [0.15, 0.2) is 53.7 Å². The van der Waals surface area contributed by atoms with Crippen LogP contribution in [0.2, 0.25) is 0 Å². The van der Waals surface area contributed by atoms with E-state index in [-0.39, 0.29) is 24.1 Å². The minimum atomic E-state index is -0.363. The predicted octanol–water partition coefficient (Wildman–Crippen LogP) is 2.80. The van der Waals surface area contributed by atoms with Gasteiger partial charge in [0.1, 0.15) is 18.2 Å². The Bertz CT molecular complexity index is 582. The van der Waals surface area contributed by atoms with Crippen molar-refractivity contribution in [2.24, 2.45) is 10.9 Å². The highest BCUT2D eigenvalue weighted by Gasteiger charge is 2.02. The third-order valence-corrected chi connectivity index (χ3v) is 2.48. The molecule has 98 valence electrons. The van der Waals surface area contributed by atoms with Gasteiger partial charge >= 0.3 is 0 Å². The normalized spacial score (nSPS) is 11.4. The summed E-state index contributed by atoms with van der Waals surface area (Å²) in [5.41, 5.74) is 6.58. The molecule has 5 heteroatoms. The van der Waals surface area contributed by atoms with E-state index in [1.165, 1.54) is 30.3 Å². The molecule has 0 radical (unpaired) electrons. The summed E-state index contributed by atoms with van der Waals surface area (Å²) >= 11 is 0. The molecule has 2 N–H and O–H groups in total. The minimum Gasteiger partial charge on any atom is -0.389 e. The Labute approximate surface area is 109 Å². The number of nitrogens with two attached hydrogens (primary N) is 1. The van der Waals surface area contributed by atoms with E-state index < -0.39 is 0 Å². The molecule has 2 rings (SSSR count). The molecule has 0 aliphatic carbocycles. The summed E-state index contributed by atoms with van der Waals surface area (Å²) in [6, 6.07) is 11.7. The van der Waals surface area contributed by atoms with Crippen LogP contribution in [0.5, 0.6) is 0 Å². The van der Waals surface area contributed by atoms with Crippen LogP contribution in [0.3, 0.4) is 0 Å². The van der Waals surface area contributed by atoms with Gasteiger partial charge in [-0.05, 0) is 30.3 Å². The zero-order valence-electron chi connectivity index (χ0n) is 10.0. The van der Waals surface area contributed by atoms with E-state index in [2.05, 4.69) is 5.16 Å². The highest BCUT2D eigenvalue weighted by Crippen LogP contribution is 2.08. The summed E-state index contributed by atoms with van der Waals surface area (Å²) < 4.78 is 26.0. The minimum absolute atomic E-state index is 0.0193. The van der Waals surface area contributed by atoms with E-state index in [1.807, 2.05) is 0 Å². The number of rotatable bonds is 4. The number of nitrogens with zero attached hydrogens (tertiary/aromatic N) is 1. The van der Waals surface area contributed by atoms with Crippen molar-refractivity contribution in [3.05, 3.63) is 71.3 Å². The molecule has 3 nitrogen and oxygen atoms in total. The highest BCUT2D eigenvalue weighted by atomic mass is 19.1. The van der Waals surface area contributed by atoms with Crippen molar-refractivity contribution in [3.8, 4) is 0 Å². The molecule has 0 fully saturated rings. The van der Waals surface area contributed by atoms with Crippen LogP contribution in [0.1, 0.15) is 11.1 Å². The Morgan fingerprint density at radius 1 is 1.05 bits per heavy atom. The lowest BCUT2D eigenvalue weighted by Gasteiger charge is -2.03. The molecule has 0 unspecified atom stereocenters. The maximum Gasteiger partial charge on any atom is 0.170 e. The van der Waals surface area contributed by atoms with E-state index in [1.54, 1.807) is 18.2 Å². The first-order chi connectivity index (χ1) is 9.16. The van der Waals surface area contributed by atoms with E-state index in [0.717, 1.165) is 0 Å². The zero-order valence-corrected chi connectivity index (χ0v) is 10.0. The van der Waals surface area contributed by atoms with Gasteiger partial charge in [-0.25, -0.2) is 8.78 Å². The number of hydrogen-bond acceptors (Lipinski definition) is 2. The highest BCUT2D eigenvalue weighted by molar-refractivity contribution is 5.96. The second-order valence-corrected chi connectivity index (χ2v) is 3.85. The van der Waals surface area contributed by atoms with Gasteiger partial charge in [0.2, 0.25) is 0 Å². The fraction of sp³-hybridized carbons (Fsp3) is 0.0714. The average Bonchev–Trinajstić information content (AvgIpc) is 2.41. The topological polar surface area (TPSA) is 47.6 Å². The summed E-state index contributed by atoms with van der Waals surface area (Å²) in [6.45, 7) is -0.0193. The number of halogens is 2. The first-order valence-electron chi connectivity index (χ1n) is 5.61. The van der Waals surface area contributed by atoms with Gasteiger partial charge in [0.05, 0.1) is 0 Å². The SMILES string of the molecule is N/C(=N/OCc1ccccc1F)c1ccc(F)cc1. The molecule has 2 aromatic carbocycles. The van der Waals surface area contributed by atoms with Gasteiger partial charge in [-0.1, -0.05) is 23.4 Å². The van der Waals surface area contributed by atoms with Crippen molar-refractivity contribution < 1.29 is 13.6 Å². The van der Waals surface area contributed by atoms with Crippen molar-refractivity contribution >= 4 is 5.84 Å². The number of oxime groups is 1. The zero-order chi connectivity index (χ0) is 13.7. The monoisotopic (exact) mass is 262 g/mol. The fourth-order valence-electron chi connectivity index (χ4n) is 1.46. The van der Waals surface area contributed by atoms with E-state index in [0.29, 0.717) is 11.1 Å². The van der Waals surface area contributed by atoms with Crippen molar-refractivity contribution in [1.29, 1.82) is 0 Å². The van der Waals surface area contributed by atoms with Crippen LogP contribution >= 0.6 is 0 Å². The predicted molar refractivity (Wildman–Crippen MR) is 68.3 cm³/mol. The van der Waals surface area contributed by atoms with Gasteiger partial charge in [-0.2, -0.15) is 0 Å². The van der Waals surface area contributed by atoms with Crippen molar-refractivity contribution in [2.45, 2.75) is 6.61 Å². The smallest absolute Gasteiger partial charge is 0.170 e. The van der Waals surface area contributed by atoms with Crippen LogP contribution in [0.25, 0.3) is 0 Å². The van der Waals surface area contributed by atoms with Crippen LogP contribution in [-0.4, -0.2) is 5.84 Å². The number of benzene rings is 2. The van der Waals surface area contributed by atoms with Gasteiger partial charge in [-0.3, -0.25) is 0 Å². The van der Waals surface area contributed by atoms with Gasteiger partial charge in [0.15, 0.2) is 5.84 Å². The molecule has 0 aliphatic rings. The molecule has 19 heavy (non-hydrogen) atoms. The molecule has 0 atom stereocenters. The molecule has 0 heterocycles. The Hall–Kier alpha value is -2.43. The molecular formula is C14H12F2N2O. The van der Waals surface area contributed by atoms with Gasteiger partial charge in [0, 0.05) is 11.1 Å². The van der Waals surface area contributed by atoms with Crippen LogP contribution in [0.4, 0.5) is 8.78 Å². The Kier molecular flexibility index (Phi) is 4.07. The molecule has 0 aromatic heterocycles. The summed E-state index contributed by atoms with van der Waals surface area (Å²) in [5.74, 6) is -0.613. The Balaban J connectivity index is 1.99. The molecule has 0 bridgehead atoms. The summed E-state index contributed by atoms with van der Waals surface area (Å²) in [4.78, 5) is 4.98. The fourth-order valence-corrected chi connectivity index (χ4v) is 1.46. The van der Waals surface area contributed by atoms with Crippen molar-refractivity contribution in [1.82, 2.24) is 0 Å². The first kappa shape index (κ1) is 13.0. The molecule has 0 aliphatic heterocycles. The third kappa shape index (κ3) is 3.51. The standard InChI is InChI=1S/C14H12F2N2O/c15-12-7-5-10(6-8-12)14(17)18-19-9-11-3-1-2-4-13(11)16/h1-8H,9H2,(H2,17,18). The van der Waals surface area contributed by atoms with Gasteiger partial charge in [0.25, 0.3) is 0 Å². The van der Waals surface area contributed by atoms with Crippen LogP contribution in [-0.2, 0) is 11.4 Å². The first-order valence-corrected chi connectivity index (χ1v) is 5.61. The summed E-state index contributed by atoms with van der Waals surface area (Å²) in [7, 11) is 0. The van der Waals surface area contributed by atoms with E-state index >= 15 is 0 Å². The number of hydrogen-bond donors (Lipinski definition) is 1. The van der Waals surface area contributed by atoms with Crippen LogP contribution in [0, 0.1) is 11.6 Å². The maximum absolute atomic E-state index is 13.3. The summed E-state index contributed by atoms with van der Waals surface area (Å²) in [6.07, 6.45) is 0. The third-order valence-electron chi connectivity index (χ3n) is 2.48. The Morgan fingerprint density at radius 2 is 1.74 bits per heavy atom. The second-order valence-electron chi connectivity index (χ2n) is 3.85. The maximum atomic E-state index is 13.3. The lowest BCUT2D eigenvalue weighted by molar-refractivity contribution is 0.127. The molecule has 0 spiro atoms. The molecular weight excluding hydrogens is 250 g/mol. The lowest BCUT2D eigenvalue weighted by atomic mass is 10.2. The molecule has 0 saturated heterocycles. The lowest BCUT2D eigenvalue weighted by Crippen LogP contribution is -2.13. The molecule has 2 aromatic rings. The van der Waals surface area contributed by atoms with E-state index in [4.69, 9.17) is 10.6 Å². The van der Waals surface area contributed by atoms with Gasteiger partial charge in [-0.15, -0.1) is 0 Å². The second kappa shape index (κ2) is 5.95. The molecule has 0 saturated carbocycles. The van der Waals surface area contributed by atoms with Crippen molar-refractivity contribution in [2.75, 3.05) is 0 Å². The average molecular weight is 262 g/mol. The van der Waals surface area contributed by atoms with Crippen molar-refractivity contribution in [3.63, 3.8) is 0 Å². The van der Waals surface area contributed by atoms with Gasteiger partial charge < -0.3 is 10.6 Å². The summed E-state index contributed by atoms with van der Waals surface area (Å²) in [5, 5.41) is 3.67. The Morgan fingerprint density at radius 3 is 2.42 bits per heavy atom. The van der Waals surface area contributed by atoms with E-state index in [9.17, 15) is 8.78 Å². The van der Waals surface area contributed by atoms with Crippen LogP contribution < -0.4 is 5.73 Å². The largest absolute Gasteiger partial charge is 0.389 e.